The first kappa shape index (κ1) is 27.9. The number of hydrogen-bond acceptors (Lipinski definition) is 9. The summed E-state index contributed by atoms with van der Waals surface area (Å²) >= 11 is 0. The molecule has 0 aromatic heterocycles. The molecule has 0 spiro atoms. The van der Waals surface area contributed by atoms with Crippen LogP contribution in [0, 0.1) is 10.1 Å². The minimum absolute atomic E-state index is 0.00673. The largest absolute Gasteiger partial charge is 0.495 e. The topological polar surface area (TPSA) is 141 Å². The lowest BCUT2D eigenvalue weighted by Crippen LogP contribution is -2.14. The Kier molecular flexibility index (Phi) is 8.82. The van der Waals surface area contributed by atoms with Crippen LogP contribution in [0.3, 0.4) is 0 Å². The Bertz CT molecular complexity index is 1630. The number of rotatable bonds is 12. The fourth-order valence-corrected chi connectivity index (χ4v) is 4.74. The third-order valence-corrected chi connectivity index (χ3v) is 7.01. The molecular formula is C28H26N4O7S. The fourth-order valence-electron chi connectivity index (χ4n) is 3.65. The van der Waals surface area contributed by atoms with Crippen molar-refractivity contribution in [3.05, 3.63) is 112 Å². The molecule has 4 rings (SSSR count). The Morgan fingerprint density at radius 2 is 1.57 bits per heavy atom. The smallest absolute Gasteiger partial charge is 0.295 e. The van der Waals surface area contributed by atoms with E-state index >= 15 is 0 Å². The Hall–Kier alpha value is -5.10. The normalized spacial score (nSPS) is 11.2. The summed E-state index contributed by atoms with van der Waals surface area (Å²) in [5.41, 5.74) is 3.99. The first-order chi connectivity index (χ1) is 19.3. The van der Waals surface area contributed by atoms with Gasteiger partial charge in [0.05, 0.1) is 35.9 Å². The van der Waals surface area contributed by atoms with Gasteiger partial charge in [-0.1, -0.05) is 42.5 Å². The number of anilines is 2. The lowest BCUT2D eigenvalue weighted by atomic mass is 10.2. The third kappa shape index (κ3) is 6.85. The molecule has 0 aliphatic heterocycles. The van der Waals surface area contributed by atoms with Crippen LogP contribution in [0.4, 0.5) is 17.1 Å². The highest BCUT2D eigenvalue weighted by Crippen LogP contribution is 2.31. The van der Waals surface area contributed by atoms with Gasteiger partial charge in [-0.15, -0.1) is 0 Å². The van der Waals surface area contributed by atoms with Gasteiger partial charge in [-0.05, 0) is 53.6 Å². The number of nitro benzene ring substituents is 1. The first-order valence-corrected chi connectivity index (χ1v) is 13.4. The number of ether oxygens (including phenoxy) is 3. The summed E-state index contributed by atoms with van der Waals surface area (Å²) in [7, 11) is -1.22. The molecule has 206 valence electrons. The summed E-state index contributed by atoms with van der Waals surface area (Å²) in [5.74, 6) is 1.34. The predicted molar refractivity (Wildman–Crippen MR) is 152 cm³/mol. The average molecular weight is 563 g/mol. The second kappa shape index (κ2) is 12.6. The SMILES string of the molecule is COc1ccccc1NS(=O)(=O)c1ccc(NN=Cc2ccc(OCc3ccccc3)c(OC)c2)c([N+](=O)[O-])c1. The van der Waals surface area contributed by atoms with E-state index in [1.54, 1.807) is 36.4 Å². The van der Waals surface area contributed by atoms with Crippen LogP contribution in [0.2, 0.25) is 0 Å². The summed E-state index contributed by atoms with van der Waals surface area (Å²) in [6, 6.07) is 24.8. The van der Waals surface area contributed by atoms with E-state index in [9.17, 15) is 18.5 Å². The molecule has 0 amide bonds. The molecule has 0 unspecified atom stereocenters. The monoisotopic (exact) mass is 562 g/mol. The van der Waals surface area contributed by atoms with Gasteiger partial charge in [0, 0.05) is 6.07 Å². The number of benzene rings is 4. The summed E-state index contributed by atoms with van der Waals surface area (Å²) in [5, 5.41) is 15.8. The maximum Gasteiger partial charge on any atom is 0.295 e. The number of nitrogens with zero attached hydrogens (tertiary/aromatic N) is 2. The molecule has 0 heterocycles. The Morgan fingerprint density at radius 3 is 2.30 bits per heavy atom. The number of para-hydroxylation sites is 2. The number of methoxy groups -OCH3 is 2. The molecule has 0 saturated carbocycles. The van der Waals surface area contributed by atoms with Crippen LogP contribution in [0.25, 0.3) is 0 Å². The maximum absolute atomic E-state index is 12.9. The van der Waals surface area contributed by atoms with Gasteiger partial charge >= 0.3 is 0 Å². The van der Waals surface area contributed by atoms with E-state index in [4.69, 9.17) is 14.2 Å². The Labute approximate surface area is 231 Å². The van der Waals surface area contributed by atoms with Crippen molar-refractivity contribution in [1.82, 2.24) is 0 Å². The lowest BCUT2D eigenvalue weighted by Gasteiger charge is -2.12. The summed E-state index contributed by atoms with van der Waals surface area (Å²) < 4.78 is 44.6. The molecule has 4 aromatic rings. The summed E-state index contributed by atoms with van der Waals surface area (Å²) in [6.45, 7) is 0.371. The van der Waals surface area contributed by atoms with Gasteiger partial charge in [-0.25, -0.2) is 8.42 Å². The highest BCUT2D eigenvalue weighted by atomic mass is 32.2. The lowest BCUT2D eigenvalue weighted by molar-refractivity contribution is -0.384. The van der Waals surface area contributed by atoms with E-state index < -0.39 is 20.6 Å². The molecule has 2 N–H and O–H groups in total. The van der Waals surface area contributed by atoms with Gasteiger partial charge in [0.15, 0.2) is 11.5 Å². The molecule has 12 heteroatoms. The van der Waals surface area contributed by atoms with E-state index in [1.165, 1.54) is 38.6 Å². The molecule has 0 saturated heterocycles. The molecule has 0 aliphatic rings. The number of hydrazone groups is 1. The minimum atomic E-state index is -4.14. The zero-order chi connectivity index (χ0) is 28.5. The first-order valence-electron chi connectivity index (χ1n) is 11.9. The zero-order valence-corrected chi connectivity index (χ0v) is 22.4. The number of nitrogens with one attached hydrogen (secondary N) is 2. The number of hydrogen-bond donors (Lipinski definition) is 2. The molecule has 0 radical (unpaired) electrons. The molecule has 0 atom stereocenters. The third-order valence-electron chi connectivity index (χ3n) is 5.65. The van der Waals surface area contributed by atoms with Crippen LogP contribution in [-0.4, -0.2) is 33.8 Å². The molecule has 4 aromatic carbocycles. The maximum atomic E-state index is 12.9. The van der Waals surface area contributed by atoms with Gasteiger partial charge in [-0.2, -0.15) is 5.10 Å². The average Bonchev–Trinajstić information content (AvgIpc) is 2.97. The standard InChI is InChI=1S/C28H26N4O7S/c1-37-26-11-7-6-10-24(26)31-40(35,36)22-13-14-23(25(17-22)32(33)34)30-29-18-21-12-15-27(28(16-21)38-2)39-19-20-8-4-3-5-9-20/h3-18,30-31H,19H2,1-2H3. The van der Waals surface area contributed by atoms with Gasteiger partial charge < -0.3 is 14.2 Å². The van der Waals surface area contributed by atoms with Gasteiger partial charge in [0.1, 0.15) is 18.0 Å². The summed E-state index contributed by atoms with van der Waals surface area (Å²) in [6.07, 6.45) is 1.45. The van der Waals surface area contributed by atoms with Crippen molar-refractivity contribution in [2.75, 3.05) is 24.4 Å². The predicted octanol–water partition coefficient (Wildman–Crippen LogP) is 5.44. The van der Waals surface area contributed by atoms with Crippen molar-refractivity contribution in [2.24, 2.45) is 5.10 Å². The van der Waals surface area contributed by atoms with E-state index in [0.717, 1.165) is 11.6 Å². The number of sulfonamides is 1. The van der Waals surface area contributed by atoms with E-state index in [1.807, 2.05) is 30.3 Å². The van der Waals surface area contributed by atoms with Crippen molar-refractivity contribution in [3.8, 4) is 17.2 Å². The van der Waals surface area contributed by atoms with Crippen LogP contribution in [0.15, 0.2) is 101 Å². The molecule has 0 fully saturated rings. The van der Waals surface area contributed by atoms with E-state index in [2.05, 4.69) is 15.2 Å². The van der Waals surface area contributed by atoms with E-state index in [0.29, 0.717) is 29.4 Å². The highest BCUT2D eigenvalue weighted by molar-refractivity contribution is 7.92. The van der Waals surface area contributed by atoms with Crippen LogP contribution < -0.4 is 24.4 Å². The van der Waals surface area contributed by atoms with Gasteiger partial charge in [-0.3, -0.25) is 20.3 Å². The number of nitro groups is 1. The summed E-state index contributed by atoms with van der Waals surface area (Å²) in [4.78, 5) is 10.7. The second-order valence-corrected chi connectivity index (χ2v) is 9.98. The fraction of sp³-hybridized carbons (Fsp3) is 0.107. The second-order valence-electron chi connectivity index (χ2n) is 8.30. The Morgan fingerprint density at radius 1 is 0.850 bits per heavy atom. The molecule has 40 heavy (non-hydrogen) atoms. The van der Waals surface area contributed by atoms with Crippen molar-refractivity contribution in [2.45, 2.75) is 11.5 Å². The van der Waals surface area contributed by atoms with Crippen LogP contribution >= 0.6 is 0 Å². The molecule has 0 bridgehead atoms. The van der Waals surface area contributed by atoms with Crippen LogP contribution in [0.5, 0.6) is 17.2 Å². The van der Waals surface area contributed by atoms with Crippen molar-refractivity contribution >= 4 is 33.3 Å². The highest BCUT2D eigenvalue weighted by Gasteiger charge is 2.22. The Balaban J connectivity index is 1.48. The quantitative estimate of drug-likeness (QED) is 0.132. The molecule has 0 aliphatic carbocycles. The molecular weight excluding hydrogens is 536 g/mol. The van der Waals surface area contributed by atoms with Crippen molar-refractivity contribution < 1.29 is 27.6 Å². The van der Waals surface area contributed by atoms with E-state index in [-0.39, 0.29) is 16.3 Å². The van der Waals surface area contributed by atoms with Crippen LogP contribution in [0.1, 0.15) is 11.1 Å². The van der Waals surface area contributed by atoms with Gasteiger partial charge in [0.2, 0.25) is 0 Å². The van der Waals surface area contributed by atoms with Crippen molar-refractivity contribution in [3.63, 3.8) is 0 Å². The molecule has 11 nitrogen and oxygen atoms in total. The zero-order valence-electron chi connectivity index (χ0n) is 21.6. The van der Waals surface area contributed by atoms with Gasteiger partial charge in [0.25, 0.3) is 15.7 Å². The minimum Gasteiger partial charge on any atom is -0.495 e. The van der Waals surface area contributed by atoms with Crippen molar-refractivity contribution in [1.29, 1.82) is 0 Å². The van der Waals surface area contributed by atoms with Crippen LogP contribution in [-0.2, 0) is 16.6 Å².